The Morgan fingerprint density at radius 3 is 2.88 bits per heavy atom. The first-order valence-corrected chi connectivity index (χ1v) is 9.51. The molecule has 0 aliphatic heterocycles. The molecule has 3 rings (SSSR count). The average Bonchev–Trinajstić information content (AvgIpc) is 3.06. The van der Waals surface area contributed by atoms with Gasteiger partial charge in [0.05, 0.1) is 5.75 Å². The fourth-order valence-corrected chi connectivity index (χ4v) is 3.99. The number of hydrogen-bond acceptors (Lipinski definition) is 4. The molecule has 1 fully saturated rings. The van der Waals surface area contributed by atoms with Crippen molar-refractivity contribution in [3.05, 3.63) is 36.7 Å². The minimum atomic E-state index is 0.0774. The highest BCUT2D eigenvalue weighted by atomic mass is 32.2. The summed E-state index contributed by atoms with van der Waals surface area (Å²) >= 11 is 1.42. The summed E-state index contributed by atoms with van der Waals surface area (Å²) in [5.41, 5.74) is 1.00. The Bertz CT molecular complexity index is 673. The van der Waals surface area contributed by atoms with E-state index in [0.717, 1.165) is 17.3 Å². The predicted octanol–water partition coefficient (Wildman–Crippen LogP) is 3.30. The monoisotopic (exact) mass is 344 g/mol. The normalized spacial score (nSPS) is 23.8. The lowest BCUT2D eigenvalue weighted by Crippen LogP contribution is -2.44. The summed E-state index contributed by atoms with van der Waals surface area (Å²) in [4.78, 5) is 12.3. The van der Waals surface area contributed by atoms with Crippen LogP contribution < -0.4 is 5.32 Å². The van der Waals surface area contributed by atoms with Crippen molar-refractivity contribution in [2.75, 3.05) is 5.75 Å². The van der Waals surface area contributed by atoms with E-state index in [9.17, 15) is 4.79 Å². The molecule has 1 amide bonds. The van der Waals surface area contributed by atoms with E-state index in [2.05, 4.69) is 29.4 Å². The molecule has 0 unspecified atom stereocenters. The molecule has 0 saturated heterocycles. The molecular weight excluding hydrogens is 320 g/mol. The topological polar surface area (TPSA) is 59.8 Å². The average molecular weight is 344 g/mol. The number of benzene rings is 1. The zero-order valence-corrected chi connectivity index (χ0v) is 15.0. The molecule has 0 spiro atoms. The number of nitrogens with one attached hydrogen (secondary N) is 1. The van der Waals surface area contributed by atoms with Crippen molar-refractivity contribution < 1.29 is 4.79 Å². The van der Waals surface area contributed by atoms with Crippen LogP contribution in [0.5, 0.6) is 0 Å². The zero-order chi connectivity index (χ0) is 16.9. The lowest BCUT2D eigenvalue weighted by Gasteiger charge is -2.34. The van der Waals surface area contributed by atoms with E-state index in [1.165, 1.54) is 24.6 Å². The summed E-state index contributed by atoms with van der Waals surface area (Å²) < 4.78 is 1.91. The van der Waals surface area contributed by atoms with Crippen LogP contribution in [-0.4, -0.2) is 32.5 Å². The van der Waals surface area contributed by atoms with E-state index in [1.807, 2.05) is 34.9 Å². The van der Waals surface area contributed by atoms with Gasteiger partial charge in [-0.25, -0.2) is 0 Å². The van der Waals surface area contributed by atoms with E-state index in [-0.39, 0.29) is 5.91 Å². The number of carbonyl (C=O) groups is 1. The van der Waals surface area contributed by atoms with E-state index in [4.69, 9.17) is 0 Å². The predicted molar refractivity (Wildman–Crippen MR) is 96.2 cm³/mol. The van der Waals surface area contributed by atoms with Gasteiger partial charge < -0.3 is 5.32 Å². The third-order valence-corrected chi connectivity index (χ3v) is 5.88. The van der Waals surface area contributed by atoms with Gasteiger partial charge in [-0.2, -0.15) is 0 Å². The molecule has 1 N–H and O–H groups in total. The van der Waals surface area contributed by atoms with Gasteiger partial charge in [0.25, 0.3) is 0 Å². The van der Waals surface area contributed by atoms with Crippen LogP contribution in [-0.2, 0) is 4.79 Å². The van der Waals surface area contributed by atoms with Gasteiger partial charge in [-0.05, 0) is 30.4 Å². The lowest BCUT2D eigenvalue weighted by atomic mass is 9.78. The molecule has 6 heteroatoms. The van der Waals surface area contributed by atoms with Crippen molar-refractivity contribution in [3.63, 3.8) is 0 Å². The summed E-state index contributed by atoms with van der Waals surface area (Å²) in [6.07, 6.45) is 5.23. The first-order chi connectivity index (χ1) is 11.6. The van der Waals surface area contributed by atoms with Crippen LogP contribution in [0.15, 0.2) is 41.8 Å². The van der Waals surface area contributed by atoms with Crippen molar-refractivity contribution in [2.45, 2.75) is 44.3 Å². The van der Waals surface area contributed by atoms with Gasteiger partial charge in [0, 0.05) is 11.7 Å². The molecule has 1 heterocycles. The standard InChI is InChI=1S/C18H24N4OS/c1-13-7-6-10-16(14(13)2)20-17(23)11-24-18-21-19-12-22(18)15-8-4-3-5-9-15/h3-5,8-9,12-14,16H,6-7,10-11H2,1-2H3,(H,20,23)/t13-,14-,16+/m1/s1. The van der Waals surface area contributed by atoms with Crippen LogP contribution in [0.2, 0.25) is 0 Å². The minimum Gasteiger partial charge on any atom is -0.352 e. The van der Waals surface area contributed by atoms with E-state index in [1.54, 1.807) is 6.33 Å². The zero-order valence-electron chi connectivity index (χ0n) is 14.2. The van der Waals surface area contributed by atoms with Gasteiger partial charge in [-0.15, -0.1) is 10.2 Å². The SMILES string of the molecule is C[C@@H]1[C@H](C)CCC[C@@H]1NC(=O)CSc1nncn1-c1ccccc1. The number of rotatable bonds is 5. The summed E-state index contributed by atoms with van der Waals surface area (Å²) in [6.45, 7) is 4.52. The van der Waals surface area contributed by atoms with Crippen LogP contribution in [0.4, 0.5) is 0 Å². The number of aromatic nitrogens is 3. The highest BCUT2D eigenvalue weighted by molar-refractivity contribution is 7.99. The van der Waals surface area contributed by atoms with E-state index < -0.39 is 0 Å². The highest BCUT2D eigenvalue weighted by Crippen LogP contribution is 2.29. The maximum absolute atomic E-state index is 12.3. The van der Waals surface area contributed by atoms with Crippen molar-refractivity contribution >= 4 is 17.7 Å². The van der Waals surface area contributed by atoms with Gasteiger partial charge in [0.2, 0.25) is 5.91 Å². The molecule has 1 aromatic heterocycles. The summed E-state index contributed by atoms with van der Waals surface area (Å²) in [5, 5.41) is 12.0. The first-order valence-electron chi connectivity index (χ1n) is 8.52. The largest absolute Gasteiger partial charge is 0.352 e. The number of nitrogens with zero attached hydrogens (tertiary/aromatic N) is 3. The van der Waals surface area contributed by atoms with Crippen molar-refractivity contribution in [1.82, 2.24) is 20.1 Å². The van der Waals surface area contributed by atoms with Crippen LogP contribution in [0, 0.1) is 11.8 Å². The van der Waals surface area contributed by atoms with Crippen molar-refractivity contribution in [2.24, 2.45) is 11.8 Å². The van der Waals surface area contributed by atoms with Crippen LogP contribution in [0.1, 0.15) is 33.1 Å². The number of carbonyl (C=O) groups excluding carboxylic acids is 1. The number of thioether (sulfide) groups is 1. The molecule has 1 aromatic carbocycles. The summed E-state index contributed by atoms with van der Waals surface area (Å²) in [6, 6.07) is 10.2. The van der Waals surface area contributed by atoms with Crippen molar-refractivity contribution in [1.29, 1.82) is 0 Å². The fourth-order valence-electron chi connectivity index (χ4n) is 3.25. The Morgan fingerprint density at radius 1 is 1.29 bits per heavy atom. The fraction of sp³-hybridized carbons (Fsp3) is 0.500. The molecule has 128 valence electrons. The molecule has 2 aromatic rings. The minimum absolute atomic E-state index is 0.0774. The Labute approximate surface area is 147 Å². The van der Waals surface area contributed by atoms with Gasteiger partial charge in [0.15, 0.2) is 5.16 Å². The van der Waals surface area contributed by atoms with Gasteiger partial charge in [-0.1, -0.05) is 56.7 Å². The van der Waals surface area contributed by atoms with Crippen LogP contribution in [0.3, 0.4) is 0 Å². The number of hydrogen-bond donors (Lipinski definition) is 1. The molecule has 1 aliphatic carbocycles. The van der Waals surface area contributed by atoms with Gasteiger partial charge >= 0.3 is 0 Å². The molecule has 3 atom stereocenters. The molecule has 0 radical (unpaired) electrons. The molecule has 0 bridgehead atoms. The molecule has 24 heavy (non-hydrogen) atoms. The Morgan fingerprint density at radius 2 is 2.08 bits per heavy atom. The summed E-state index contributed by atoms with van der Waals surface area (Å²) in [7, 11) is 0. The van der Waals surface area contributed by atoms with Crippen molar-refractivity contribution in [3.8, 4) is 5.69 Å². The lowest BCUT2D eigenvalue weighted by molar-refractivity contribution is -0.120. The second kappa shape index (κ2) is 7.83. The second-order valence-corrected chi connectivity index (χ2v) is 7.49. The van der Waals surface area contributed by atoms with E-state index >= 15 is 0 Å². The Balaban J connectivity index is 1.57. The highest BCUT2D eigenvalue weighted by Gasteiger charge is 2.28. The number of para-hydroxylation sites is 1. The quantitative estimate of drug-likeness (QED) is 0.846. The molecule has 5 nitrogen and oxygen atoms in total. The van der Waals surface area contributed by atoms with Crippen LogP contribution in [0.25, 0.3) is 5.69 Å². The summed E-state index contributed by atoms with van der Waals surface area (Å²) in [5.74, 6) is 1.66. The second-order valence-electron chi connectivity index (χ2n) is 6.55. The molecule has 1 saturated carbocycles. The maximum atomic E-state index is 12.3. The Hall–Kier alpha value is -1.82. The third-order valence-electron chi connectivity index (χ3n) is 4.94. The smallest absolute Gasteiger partial charge is 0.230 e. The molecular formula is C18H24N4OS. The Kier molecular flexibility index (Phi) is 5.56. The third kappa shape index (κ3) is 3.98. The van der Waals surface area contributed by atoms with Gasteiger partial charge in [-0.3, -0.25) is 9.36 Å². The molecule has 1 aliphatic rings. The van der Waals surface area contributed by atoms with Gasteiger partial charge in [0.1, 0.15) is 6.33 Å². The van der Waals surface area contributed by atoms with E-state index in [0.29, 0.717) is 23.6 Å². The number of amides is 1. The maximum Gasteiger partial charge on any atom is 0.230 e. The van der Waals surface area contributed by atoms with Crippen LogP contribution >= 0.6 is 11.8 Å². The first kappa shape index (κ1) is 17.0.